The molecule has 1 amide bonds. The first-order valence-corrected chi connectivity index (χ1v) is 9.16. The zero-order valence-electron chi connectivity index (χ0n) is 13.6. The Bertz CT molecular complexity index is 636. The molecule has 1 aliphatic rings. The topological polar surface area (TPSA) is 46.3 Å². The first kappa shape index (κ1) is 16.2. The lowest BCUT2D eigenvalue weighted by atomic mass is 9.99. The SMILES string of the molecule is Cc1ccc(N(Cc2cccs2)C(=O)C[C@@H]2CCC[C@H]2N)cc1. The van der Waals surface area contributed by atoms with Gasteiger partial charge in [0.25, 0.3) is 0 Å². The first-order valence-electron chi connectivity index (χ1n) is 8.28. The zero-order valence-corrected chi connectivity index (χ0v) is 14.4. The van der Waals surface area contributed by atoms with E-state index in [9.17, 15) is 4.79 Å². The van der Waals surface area contributed by atoms with Gasteiger partial charge in [-0.1, -0.05) is 30.2 Å². The van der Waals surface area contributed by atoms with E-state index in [4.69, 9.17) is 5.73 Å². The maximum Gasteiger partial charge on any atom is 0.227 e. The molecule has 2 N–H and O–H groups in total. The van der Waals surface area contributed by atoms with Gasteiger partial charge in [0.1, 0.15) is 0 Å². The second-order valence-corrected chi connectivity index (χ2v) is 7.49. The summed E-state index contributed by atoms with van der Waals surface area (Å²) in [5, 5.41) is 2.06. The average molecular weight is 328 g/mol. The molecule has 1 saturated carbocycles. The average Bonchev–Trinajstić information content (AvgIpc) is 3.18. The van der Waals surface area contributed by atoms with Crippen molar-refractivity contribution in [1.29, 1.82) is 0 Å². The fourth-order valence-corrected chi connectivity index (χ4v) is 3.95. The van der Waals surface area contributed by atoms with Gasteiger partial charge < -0.3 is 10.6 Å². The van der Waals surface area contributed by atoms with Gasteiger partial charge in [-0.3, -0.25) is 4.79 Å². The van der Waals surface area contributed by atoms with E-state index in [-0.39, 0.29) is 11.9 Å². The van der Waals surface area contributed by atoms with Crippen LogP contribution in [-0.4, -0.2) is 11.9 Å². The third-order valence-electron chi connectivity index (χ3n) is 4.70. The van der Waals surface area contributed by atoms with Crippen LogP contribution in [0.25, 0.3) is 0 Å². The normalized spacial score (nSPS) is 20.6. The highest BCUT2D eigenvalue weighted by Gasteiger charge is 2.28. The monoisotopic (exact) mass is 328 g/mol. The van der Waals surface area contributed by atoms with E-state index in [0.717, 1.165) is 24.9 Å². The molecule has 2 atom stereocenters. The van der Waals surface area contributed by atoms with Crippen LogP contribution in [0.1, 0.15) is 36.1 Å². The van der Waals surface area contributed by atoms with Gasteiger partial charge in [-0.2, -0.15) is 0 Å². The van der Waals surface area contributed by atoms with Gasteiger partial charge in [0.15, 0.2) is 0 Å². The Labute approximate surface area is 142 Å². The molecule has 1 aromatic heterocycles. The van der Waals surface area contributed by atoms with Gasteiger partial charge >= 0.3 is 0 Å². The summed E-state index contributed by atoms with van der Waals surface area (Å²) in [5.74, 6) is 0.517. The van der Waals surface area contributed by atoms with Gasteiger partial charge in [-0.05, 0) is 49.3 Å². The Hall–Kier alpha value is -1.65. The van der Waals surface area contributed by atoms with Crippen LogP contribution in [0.4, 0.5) is 5.69 Å². The minimum atomic E-state index is 0.181. The van der Waals surface area contributed by atoms with Crippen LogP contribution in [0.2, 0.25) is 0 Å². The van der Waals surface area contributed by atoms with E-state index >= 15 is 0 Å². The van der Waals surface area contributed by atoms with E-state index < -0.39 is 0 Å². The number of nitrogens with two attached hydrogens (primary N) is 1. The number of aryl methyl sites for hydroxylation is 1. The summed E-state index contributed by atoms with van der Waals surface area (Å²) in [6.07, 6.45) is 3.83. The van der Waals surface area contributed by atoms with Crippen molar-refractivity contribution >= 4 is 22.9 Å². The number of benzene rings is 1. The number of thiophene rings is 1. The molecule has 23 heavy (non-hydrogen) atoms. The lowest BCUT2D eigenvalue weighted by molar-refractivity contribution is -0.119. The van der Waals surface area contributed by atoms with Gasteiger partial charge in [-0.25, -0.2) is 0 Å². The highest BCUT2D eigenvalue weighted by Crippen LogP contribution is 2.29. The van der Waals surface area contributed by atoms with Crippen molar-refractivity contribution in [3.05, 3.63) is 52.2 Å². The molecule has 122 valence electrons. The van der Waals surface area contributed by atoms with E-state index in [1.807, 2.05) is 23.1 Å². The second kappa shape index (κ2) is 7.28. The van der Waals surface area contributed by atoms with E-state index in [1.54, 1.807) is 11.3 Å². The third-order valence-corrected chi connectivity index (χ3v) is 5.56. The summed E-state index contributed by atoms with van der Waals surface area (Å²) in [6, 6.07) is 12.5. The van der Waals surface area contributed by atoms with Crippen molar-refractivity contribution in [2.24, 2.45) is 11.7 Å². The maximum atomic E-state index is 12.9. The van der Waals surface area contributed by atoms with Gasteiger partial charge in [0, 0.05) is 23.0 Å². The number of anilines is 1. The van der Waals surface area contributed by atoms with Gasteiger partial charge in [-0.15, -0.1) is 11.3 Å². The number of nitrogens with zero attached hydrogens (tertiary/aromatic N) is 1. The number of carbonyl (C=O) groups is 1. The maximum absolute atomic E-state index is 12.9. The van der Waals surface area contributed by atoms with Crippen molar-refractivity contribution < 1.29 is 4.79 Å². The van der Waals surface area contributed by atoms with Crippen LogP contribution >= 0.6 is 11.3 Å². The molecule has 1 aliphatic carbocycles. The van der Waals surface area contributed by atoms with Crippen LogP contribution in [0.5, 0.6) is 0 Å². The lowest BCUT2D eigenvalue weighted by Crippen LogP contribution is -2.35. The van der Waals surface area contributed by atoms with Crippen molar-refractivity contribution in [3.63, 3.8) is 0 Å². The third kappa shape index (κ3) is 4.01. The summed E-state index contributed by atoms with van der Waals surface area (Å²) in [5.41, 5.74) is 8.33. The smallest absolute Gasteiger partial charge is 0.227 e. The van der Waals surface area contributed by atoms with Crippen LogP contribution in [0.3, 0.4) is 0 Å². The lowest BCUT2D eigenvalue weighted by Gasteiger charge is -2.25. The number of amides is 1. The Morgan fingerprint density at radius 2 is 2.04 bits per heavy atom. The van der Waals surface area contributed by atoms with Crippen LogP contribution in [0, 0.1) is 12.8 Å². The van der Waals surface area contributed by atoms with E-state index in [0.29, 0.717) is 18.9 Å². The molecular weight excluding hydrogens is 304 g/mol. The fourth-order valence-electron chi connectivity index (χ4n) is 3.26. The van der Waals surface area contributed by atoms with Crippen molar-refractivity contribution in [2.75, 3.05) is 4.90 Å². The fraction of sp³-hybridized carbons (Fsp3) is 0.421. The Balaban J connectivity index is 1.78. The predicted molar refractivity (Wildman–Crippen MR) is 96.6 cm³/mol. The van der Waals surface area contributed by atoms with Crippen molar-refractivity contribution in [3.8, 4) is 0 Å². The van der Waals surface area contributed by atoms with Crippen LogP contribution in [0.15, 0.2) is 41.8 Å². The molecule has 1 fully saturated rings. The quantitative estimate of drug-likeness (QED) is 0.898. The van der Waals surface area contributed by atoms with Crippen molar-refractivity contribution in [2.45, 2.75) is 45.2 Å². The van der Waals surface area contributed by atoms with Crippen molar-refractivity contribution in [1.82, 2.24) is 0 Å². The highest BCUT2D eigenvalue weighted by molar-refractivity contribution is 7.09. The summed E-state index contributed by atoms with van der Waals surface area (Å²) in [4.78, 5) is 16.0. The molecule has 0 spiro atoms. The second-order valence-electron chi connectivity index (χ2n) is 6.45. The van der Waals surface area contributed by atoms with Gasteiger partial charge in [0.05, 0.1) is 6.54 Å². The van der Waals surface area contributed by atoms with Crippen LogP contribution < -0.4 is 10.6 Å². The molecule has 3 nitrogen and oxygen atoms in total. The molecule has 1 heterocycles. The predicted octanol–water partition coefficient (Wildman–Crippen LogP) is 4.11. The first-order chi connectivity index (χ1) is 11.1. The molecule has 4 heteroatoms. The Kier molecular flexibility index (Phi) is 5.13. The molecular formula is C19H24N2OS. The molecule has 0 radical (unpaired) electrons. The molecule has 0 bridgehead atoms. The van der Waals surface area contributed by atoms with Gasteiger partial charge in [0.2, 0.25) is 5.91 Å². The van der Waals surface area contributed by atoms with E-state index in [1.165, 1.54) is 10.4 Å². The number of hydrogen-bond donors (Lipinski definition) is 1. The zero-order chi connectivity index (χ0) is 16.2. The largest absolute Gasteiger partial charge is 0.327 e. The molecule has 0 saturated heterocycles. The molecule has 1 aromatic carbocycles. The van der Waals surface area contributed by atoms with Crippen LogP contribution in [-0.2, 0) is 11.3 Å². The minimum absolute atomic E-state index is 0.181. The summed E-state index contributed by atoms with van der Waals surface area (Å²) >= 11 is 1.69. The summed E-state index contributed by atoms with van der Waals surface area (Å²) < 4.78 is 0. The highest BCUT2D eigenvalue weighted by atomic mass is 32.1. The molecule has 2 aromatic rings. The van der Waals surface area contributed by atoms with E-state index in [2.05, 4.69) is 30.5 Å². The minimum Gasteiger partial charge on any atom is -0.327 e. The Morgan fingerprint density at radius 1 is 1.26 bits per heavy atom. The number of hydrogen-bond acceptors (Lipinski definition) is 3. The molecule has 0 aliphatic heterocycles. The number of rotatable bonds is 5. The summed E-state index contributed by atoms with van der Waals surface area (Å²) in [6.45, 7) is 2.70. The molecule has 3 rings (SSSR count). The number of carbonyl (C=O) groups excluding carboxylic acids is 1. The summed E-state index contributed by atoms with van der Waals surface area (Å²) in [7, 11) is 0. The molecule has 0 unspecified atom stereocenters. The Morgan fingerprint density at radius 3 is 2.65 bits per heavy atom. The standard InChI is InChI=1S/C19H24N2OS/c1-14-7-9-16(10-8-14)21(13-17-5-3-11-23-17)19(22)12-15-4-2-6-18(15)20/h3,5,7-11,15,18H,2,4,6,12-13,20H2,1H3/t15-,18+/m0/s1.